The second-order valence-corrected chi connectivity index (χ2v) is 7.40. The third-order valence-electron chi connectivity index (χ3n) is 3.74. The van der Waals surface area contributed by atoms with Crippen LogP contribution in [0.2, 0.25) is 0 Å². The van der Waals surface area contributed by atoms with Crippen molar-refractivity contribution in [2.75, 3.05) is 5.32 Å². The van der Waals surface area contributed by atoms with Gasteiger partial charge in [-0.1, -0.05) is 0 Å². The number of sulfonamides is 1. The van der Waals surface area contributed by atoms with Crippen LogP contribution < -0.4 is 14.8 Å². The van der Waals surface area contributed by atoms with Crippen molar-refractivity contribution in [3.63, 3.8) is 0 Å². The molecule has 2 heterocycles. The van der Waals surface area contributed by atoms with Crippen molar-refractivity contribution in [1.82, 2.24) is 14.5 Å². The Morgan fingerprint density at radius 2 is 2.12 bits per heavy atom. The number of carbonyl (C=O) groups is 1. The fourth-order valence-electron chi connectivity index (χ4n) is 2.43. The van der Waals surface area contributed by atoms with Crippen molar-refractivity contribution < 1.29 is 17.9 Å². The van der Waals surface area contributed by atoms with E-state index < -0.39 is 16.1 Å². The summed E-state index contributed by atoms with van der Waals surface area (Å²) < 4.78 is 34.6. The number of aromatic nitrogens is 2. The average molecular weight is 350 g/mol. The van der Waals surface area contributed by atoms with E-state index in [0.29, 0.717) is 11.4 Å². The van der Waals surface area contributed by atoms with E-state index in [4.69, 9.17) is 4.74 Å². The Labute approximate surface area is 139 Å². The predicted octanol–water partition coefficient (Wildman–Crippen LogP) is 0.926. The van der Waals surface area contributed by atoms with E-state index in [2.05, 4.69) is 15.1 Å². The molecule has 128 valence electrons. The van der Waals surface area contributed by atoms with Crippen molar-refractivity contribution in [3.05, 3.63) is 35.7 Å². The lowest BCUT2D eigenvalue weighted by molar-refractivity contribution is -0.122. The first-order valence-corrected chi connectivity index (χ1v) is 8.85. The van der Waals surface area contributed by atoms with E-state index in [0.717, 1.165) is 11.4 Å². The molecule has 0 aliphatic carbocycles. The minimum Gasteiger partial charge on any atom is -0.479 e. The zero-order valence-electron chi connectivity index (χ0n) is 13.5. The summed E-state index contributed by atoms with van der Waals surface area (Å²) in [7, 11) is -1.96. The van der Waals surface area contributed by atoms with E-state index in [9.17, 15) is 13.2 Å². The molecule has 1 atom stereocenters. The normalized spacial score (nSPS) is 17.1. The highest BCUT2D eigenvalue weighted by atomic mass is 32.2. The van der Waals surface area contributed by atoms with Crippen LogP contribution in [-0.2, 0) is 28.4 Å². The summed E-state index contributed by atoms with van der Waals surface area (Å²) in [6.45, 7) is 3.57. The fourth-order valence-corrected chi connectivity index (χ4v) is 3.44. The zero-order valence-corrected chi connectivity index (χ0v) is 14.3. The zero-order chi connectivity index (χ0) is 17.5. The van der Waals surface area contributed by atoms with Gasteiger partial charge in [0.2, 0.25) is 10.0 Å². The highest BCUT2D eigenvalue weighted by Gasteiger charge is 2.25. The molecular formula is C15H18N4O4S. The van der Waals surface area contributed by atoms with Gasteiger partial charge in [-0.15, -0.1) is 0 Å². The highest BCUT2D eigenvalue weighted by molar-refractivity contribution is 7.89. The molecule has 0 spiro atoms. The molecular weight excluding hydrogens is 332 g/mol. The molecule has 24 heavy (non-hydrogen) atoms. The largest absolute Gasteiger partial charge is 0.479 e. The lowest BCUT2D eigenvalue weighted by Crippen LogP contribution is -2.34. The monoisotopic (exact) mass is 350 g/mol. The van der Waals surface area contributed by atoms with Crippen molar-refractivity contribution in [2.45, 2.75) is 31.4 Å². The Balaban J connectivity index is 1.81. The quantitative estimate of drug-likeness (QED) is 0.854. The molecule has 8 nitrogen and oxygen atoms in total. The molecule has 1 aliphatic rings. The minimum absolute atomic E-state index is 0.0727. The Kier molecular flexibility index (Phi) is 4.06. The van der Waals surface area contributed by atoms with Crippen LogP contribution in [0.15, 0.2) is 29.2 Å². The standard InChI is InChI=1S/C15H18N4O4S/c1-9-6-11(19(3)18-9)8-16-24(21,22)12-4-5-13-14(7-12)23-10(2)15(20)17-13/h4-7,10,16H,8H2,1-3H3,(H,17,20)/t10-/m1/s1. The van der Waals surface area contributed by atoms with E-state index in [1.165, 1.54) is 18.2 Å². The smallest absolute Gasteiger partial charge is 0.265 e. The Morgan fingerprint density at radius 1 is 1.38 bits per heavy atom. The summed E-state index contributed by atoms with van der Waals surface area (Å²) in [4.78, 5) is 11.6. The van der Waals surface area contributed by atoms with Crippen molar-refractivity contribution in [1.29, 1.82) is 0 Å². The molecule has 0 fully saturated rings. The number of nitrogens with one attached hydrogen (secondary N) is 2. The average Bonchev–Trinajstić information content (AvgIpc) is 2.84. The van der Waals surface area contributed by atoms with Crippen molar-refractivity contribution in [2.24, 2.45) is 7.05 Å². The lowest BCUT2D eigenvalue weighted by Gasteiger charge is -2.23. The van der Waals surface area contributed by atoms with Gasteiger partial charge in [0.15, 0.2) is 6.10 Å². The summed E-state index contributed by atoms with van der Waals surface area (Å²) in [5, 5.41) is 6.84. The van der Waals surface area contributed by atoms with E-state index in [1.54, 1.807) is 18.7 Å². The SMILES string of the molecule is Cc1cc(CNS(=O)(=O)c2ccc3c(c2)O[C@H](C)C(=O)N3)n(C)n1. The first kappa shape index (κ1) is 16.5. The van der Waals surface area contributed by atoms with E-state index in [-0.39, 0.29) is 17.3 Å². The molecule has 2 N–H and O–H groups in total. The van der Waals surface area contributed by atoms with Gasteiger partial charge in [-0.25, -0.2) is 13.1 Å². The number of anilines is 1. The molecule has 0 unspecified atom stereocenters. The Hall–Kier alpha value is -2.39. The maximum absolute atomic E-state index is 12.5. The van der Waals surface area contributed by atoms with Gasteiger partial charge in [-0.05, 0) is 32.0 Å². The fraction of sp³-hybridized carbons (Fsp3) is 0.333. The number of hydrogen-bond donors (Lipinski definition) is 2. The molecule has 9 heteroatoms. The summed E-state index contributed by atoms with van der Waals surface area (Å²) >= 11 is 0. The summed E-state index contributed by atoms with van der Waals surface area (Å²) in [5.41, 5.74) is 2.03. The van der Waals surface area contributed by atoms with Gasteiger partial charge in [0.1, 0.15) is 5.75 Å². The number of hydrogen-bond acceptors (Lipinski definition) is 5. The second kappa shape index (κ2) is 5.91. The van der Waals surface area contributed by atoms with Crippen LogP contribution in [-0.4, -0.2) is 30.2 Å². The molecule has 0 saturated carbocycles. The first-order valence-electron chi connectivity index (χ1n) is 7.37. The second-order valence-electron chi connectivity index (χ2n) is 5.63. The minimum atomic E-state index is -3.71. The van der Waals surface area contributed by atoms with Crippen LogP contribution in [0, 0.1) is 6.92 Å². The van der Waals surface area contributed by atoms with Crippen LogP contribution >= 0.6 is 0 Å². The summed E-state index contributed by atoms with van der Waals surface area (Å²) in [6, 6.07) is 6.16. The third-order valence-corrected chi connectivity index (χ3v) is 5.14. The van der Waals surface area contributed by atoms with Gasteiger partial charge in [0.25, 0.3) is 5.91 Å². The van der Waals surface area contributed by atoms with E-state index >= 15 is 0 Å². The summed E-state index contributed by atoms with van der Waals surface area (Å²) in [5.74, 6) is 0.0733. The summed E-state index contributed by atoms with van der Waals surface area (Å²) in [6.07, 6.45) is -0.666. The number of rotatable bonds is 4. The molecule has 1 amide bonds. The van der Waals surface area contributed by atoms with Gasteiger partial charge < -0.3 is 10.1 Å². The molecule has 1 aliphatic heterocycles. The molecule has 3 rings (SSSR count). The number of carbonyl (C=O) groups excluding carboxylic acids is 1. The number of nitrogens with zero attached hydrogens (tertiary/aromatic N) is 2. The number of aryl methyl sites for hydroxylation is 2. The molecule has 0 saturated heterocycles. The molecule has 0 radical (unpaired) electrons. The van der Waals surface area contributed by atoms with Gasteiger partial charge in [-0.2, -0.15) is 5.10 Å². The van der Waals surface area contributed by atoms with Crippen LogP contribution in [0.25, 0.3) is 0 Å². The van der Waals surface area contributed by atoms with Gasteiger partial charge in [0, 0.05) is 13.1 Å². The van der Waals surface area contributed by atoms with Crippen LogP contribution in [0.1, 0.15) is 18.3 Å². The number of amides is 1. The van der Waals surface area contributed by atoms with Gasteiger partial charge >= 0.3 is 0 Å². The Morgan fingerprint density at radius 3 is 2.79 bits per heavy atom. The van der Waals surface area contributed by atoms with Gasteiger partial charge in [-0.3, -0.25) is 9.48 Å². The van der Waals surface area contributed by atoms with E-state index in [1.807, 2.05) is 13.0 Å². The molecule has 1 aromatic heterocycles. The maximum Gasteiger partial charge on any atom is 0.265 e. The van der Waals surface area contributed by atoms with Gasteiger partial charge in [0.05, 0.1) is 28.5 Å². The Bertz CT molecular complexity index is 904. The van der Waals surface area contributed by atoms with Crippen molar-refractivity contribution in [3.8, 4) is 5.75 Å². The van der Waals surface area contributed by atoms with Crippen LogP contribution in [0.3, 0.4) is 0 Å². The van der Waals surface area contributed by atoms with Crippen LogP contribution in [0.4, 0.5) is 5.69 Å². The molecule has 2 aromatic rings. The van der Waals surface area contributed by atoms with Crippen molar-refractivity contribution >= 4 is 21.6 Å². The number of ether oxygens (including phenoxy) is 1. The van der Waals surface area contributed by atoms with Crippen LogP contribution in [0.5, 0.6) is 5.75 Å². The number of fused-ring (bicyclic) bond motifs is 1. The highest BCUT2D eigenvalue weighted by Crippen LogP contribution is 2.31. The molecule has 1 aromatic carbocycles. The topological polar surface area (TPSA) is 102 Å². The first-order chi connectivity index (χ1) is 11.3. The predicted molar refractivity (Wildman–Crippen MR) is 87.1 cm³/mol. The lowest BCUT2D eigenvalue weighted by atomic mass is 10.2. The third kappa shape index (κ3) is 3.13. The maximum atomic E-state index is 12.5. The molecule has 0 bridgehead atoms. The number of benzene rings is 1.